The maximum absolute atomic E-state index is 13.5. The molecule has 2 aliphatic heterocycles. The molecular formula is C26H22FNO7S. The minimum absolute atomic E-state index is 0.140. The lowest BCUT2D eigenvalue weighted by molar-refractivity contribution is -0.139. The van der Waals surface area contributed by atoms with Gasteiger partial charge in [0.15, 0.2) is 18.1 Å². The van der Waals surface area contributed by atoms with E-state index in [1.165, 1.54) is 23.9 Å². The second kappa shape index (κ2) is 10.1. The molecule has 1 saturated heterocycles. The number of carbonyl (C=O) groups is 2. The number of aliphatic hydroxyl groups excluding tert-OH is 1. The average Bonchev–Trinajstić information content (AvgIpc) is 3.35. The third kappa shape index (κ3) is 4.82. The number of fused-ring (bicyclic) bond motifs is 1. The van der Waals surface area contributed by atoms with Crippen LogP contribution in [0, 0.1) is 5.82 Å². The van der Waals surface area contributed by atoms with Gasteiger partial charge >= 0.3 is 5.97 Å². The Morgan fingerprint density at radius 2 is 1.81 bits per heavy atom. The number of carboxylic acids is 1. The van der Waals surface area contributed by atoms with Crippen LogP contribution in [0.5, 0.6) is 17.2 Å². The molecule has 2 aliphatic rings. The quantitative estimate of drug-likeness (QED) is 0.416. The molecule has 3 atom stereocenters. The van der Waals surface area contributed by atoms with E-state index in [0.717, 1.165) is 5.56 Å². The molecule has 10 heteroatoms. The number of benzene rings is 3. The Morgan fingerprint density at radius 1 is 1.08 bits per heavy atom. The number of amides is 1. The van der Waals surface area contributed by atoms with Crippen LogP contribution in [0.25, 0.3) is 0 Å². The molecule has 0 radical (unpaired) electrons. The van der Waals surface area contributed by atoms with Crippen molar-refractivity contribution in [2.75, 3.05) is 24.1 Å². The summed E-state index contributed by atoms with van der Waals surface area (Å²) in [6, 6.07) is 17.4. The van der Waals surface area contributed by atoms with Gasteiger partial charge < -0.3 is 29.3 Å². The molecule has 36 heavy (non-hydrogen) atoms. The molecule has 5 rings (SSSR count). The Labute approximate surface area is 210 Å². The summed E-state index contributed by atoms with van der Waals surface area (Å²) in [5, 5.41) is 19.1. The molecule has 0 saturated carbocycles. The maximum atomic E-state index is 13.5. The summed E-state index contributed by atoms with van der Waals surface area (Å²) >= 11 is 1.33. The molecule has 1 fully saturated rings. The fourth-order valence-electron chi connectivity index (χ4n) is 4.16. The van der Waals surface area contributed by atoms with Gasteiger partial charge in [-0.15, -0.1) is 11.8 Å². The Balaban J connectivity index is 1.34. The lowest BCUT2D eigenvalue weighted by Gasteiger charge is -2.47. The minimum atomic E-state index is -1.08. The summed E-state index contributed by atoms with van der Waals surface area (Å²) in [7, 11) is 0. The van der Waals surface area contributed by atoms with Crippen LogP contribution >= 0.6 is 11.8 Å². The first-order valence-corrected chi connectivity index (χ1v) is 12.2. The van der Waals surface area contributed by atoms with Crippen molar-refractivity contribution in [3.8, 4) is 17.2 Å². The highest BCUT2D eigenvalue weighted by atomic mass is 32.2. The first kappa shape index (κ1) is 24.0. The molecule has 2 N–H and O–H groups in total. The number of anilines is 1. The number of carboxylic acid groups (broad SMARTS) is 1. The minimum Gasteiger partial charge on any atom is -0.482 e. The number of ether oxygens (including phenoxy) is 3. The van der Waals surface area contributed by atoms with E-state index < -0.39 is 29.7 Å². The third-order valence-corrected chi connectivity index (χ3v) is 7.28. The Kier molecular flexibility index (Phi) is 6.71. The van der Waals surface area contributed by atoms with Crippen molar-refractivity contribution >= 4 is 29.3 Å². The number of nitrogens with zero attached hydrogens (tertiary/aromatic N) is 1. The Morgan fingerprint density at radius 3 is 2.53 bits per heavy atom. The average molecular weight is 512 g/mol. The van der Waals surface area contributed by atoms with Gasteiger partial charge in [-0.3, -0.25) is 4.79 Å². The molecule has 8 nitrogen and oxygen atoms in total. The number of carbonyl (C=O) groups excluding carboxylic acids is 1. The number of hydrogen-bond acceptors (Lipinski definition) is 7. The molecule has 1 amide bonds. The SMILES string of the molecule is O=C(O)COc1ccc([C@@H]2[C@@H](SCC(O)c3ccc4c(c3)OCO4)C(=O)N2c2ccc(F)cc2)cc1. The van der Waals surface area contributed by atoms with Gasteiger partial charge in [0.1, 0.15) is 16.8 Å². The highest BCUT2D eigenvalue weighted by Crippen LogP contribution is 2.46. The predicted molar refractivity (Wildman–Crippen MR) is 130 cm³/mol. The predicted octanol–water partition coefficient (Wildman–Crippen LogP) is 3.94. The van der Waals surface area contributed by atoms with E-state index in [0.29, 0.717) is 28.5 Å². The van der Waals surface area contributed by atoms with Crippen LogP contribution in [0.3, 0.4) is 0 Å². The largest absolute Gasteiger partial charge is 0.482 e. The fourth-order valence-corrected chi connectivity index (χ4v) is 5.46. The van der Waals surface area contributed by atoms with E-state index in [4.69, 9.17) is 19.3 Å². The fraction of sp³-hybridized carbons (Fsp3) is 0.231. The molecule has 1 unspecified atom stereocenters. The first-order valence-electron chi connectivity index (χ1n) is 11.1. The van der Waals surface area contributed by atoms with Gasteiger partial charge in [0.05, 0.1) is 12.1 Å². The lowest BCUT2D eigenvalue weighted by atomic mass is 9.92. The number of hydrogen-bond donors (Lipinski definition) is 2. The van der Waals surface area contributed by atoms with Crippen molar-refractivity contribution in [3.63, 3.8) is 0 Å². The van der Waals surface area contributed by atoms with Crippen LogP contribution in [0.2, 0.25) is 0 Å². The number of β-lactam (4-membered cyclic amide) rings is 1. The molecule has 186 valence electrons. The molecule has 0 aromatic heterocycles. The van der Waals surface area contributed by atoms with E-state index >= 15 is 0 Å². The van der Waals surface area contributed by atoms with Gasteiger partial charge in [-0.2, -0.15) is 0 Å². The number of rotatable bonds is 9. The molecule has 3 aromatic rings. The second-order valence-electron chi connectivity index (χ2n) is 8.26. The highest BCUT2D eigenvalue weighted by molar-refractivity contribution is 8.00. The molecule has 0 spiro atoms. The van der Waals surface area contributed by atoms with Crippen molar-refractivity contribution < 1.29 is 38.4 Å². The van der Waals surface area contributed by atoms with Crippen molar-refractivity contribution in [2.24, 2.45) is 0 Å². The molecule has 0 aliphatic carbocycles. The smallest absolute Gasteiger partial charge is 0.341 e. The van der Waals surface area contributed by atoms with Crippen LogP contribution in [0.1, 0.15) is 23.3 Å². The van der Waals surface area contributed by atoms with Gasteiger partial charge in [0.25, 0.3) is 0 Å². The van der Waals surface area contributed by atoms with E-state index in [2.05, 4.69) is 0 Å². The van der Waals surface area contributed by atoms with Gasteiger partial charge in [-0.1, -0.05) is 18.2 Å². The number of thioether (sulfide) groups is 1. The van der Waals surface area contributed by atoms with E-state index in [1.807, 2.05) is 0 Å². The standard InChI is InChI=1S/C26H22FNO7S/c27-17-4-6-18(7-5-17)28-24(15-1-8-19(9-2-15)33-12-23(30)31)25(26(28)32)36-13-20(29)16-3-10-21-22(11-16)35-14-34-21/h1-11,20,24-25,29H,12-14H2,(H,30,31)/t20?,24-,25-/m1/s1. The summed E-state index contributed by atoms with van der Waals surface area (Å²) in [5.74, 6) is 0.220. The van der Waals surface area contributed by atoms with Gasteiger partial charge in [-0.25, -0.2) is 9.18 Å². The van der Waals surface area contributed by atoms with Crippen LogP contribution in [-0.2, 0) is 9.59 Å². The molecular weight excluding hydrogens is 489 g/mol. The zero-order valence-electron chi connectivity index (χ0n) is 18.9. The van der Waals surface area contributed by atoms with Crippen LogP contribution in [0.4, 0.5) is 10.1 Å². The highest BCUT2D eigenvalue weighted by Gasteiger charge is 2.49. The van der Waals surface area contributed by atoms with Gasteiger partial charge in [-0.05, 0) is 59.7 Å². The maximum Gasteiger partial charge on any atom is 0.341 e. The lowest BCUT2D eigenvalue weighted by Crippen LogP contribution is -2.57. The summed E-state index contributed by atoms with van der Waals surface area (Å²) in [5.41, 5.74) is 2.02. The van der Waals surface area contributed by atoms with Crippen LogP contribution in [-0.4, -0.2) is 46.5 Å². The van der Waals surface area contributed by atoms with Gasteiger partial charge in [0.2, 0.25) is 12.7 Å². The number of halogens is 1. The zero-order chi connectivity index (χ0) is 25.2. The van der Waals surface area contributed by atoms with Crippen LogP contribution < -0.4 is 19.1 Å². The van der Waals surface area contributed by atoms with Crippen LogP contribution in [0.15, 0.2) is 66.7 Å². The van der Waals surface area contributed by atoms with Crippen molar-refractivity contribution in [1.29, 1.82) is 0 Å². The third-order valence-electron chi connectivity index (χ3n) is 5.95. The van der Waals surface area contributed by atoms with Crippen molar-refractivity contribution in [2.45, 2.75) is 17.4 Å². The monoisotopic (exact) mass is 511 g/mol. The second-order valence-corrected chi connectivity index (χ2v) is 9.44. The summed E-state index contributed by atoms with van der Waals surface area (Å²) in [6.07, 6.45) is -0.829. The zero-order valence-corrected chi connectivity index (χ0v) is 19.7. The van der Waals surface area contributed by atoms with Crippen molar-refractivity contribution in [1.82, 2.24) is 0 Å². The topological polar surface area (TPSA) is 106 Å². The summed E-state index contributed by atoms with van der Waals surface area (Å²) in [6.45, 7) is -0.319. The summed E-state index contributed by atoms with van der Waals surface area (Å²) < 4.78 is 29.4. The Hall–Kier alpha value is -3.76. The molecule has 2 heterocycles. The molecule has 0 bridgehead atoms. The number of aliphatic hydroxyl groups is 1. The van der Waals surface area contributed by atoms with E-state index in [-0.39, 0.29) is 24.5 Å². The van der Waals surface area contributed by atoms with Gasteiger partial charge in [0, 0.05) is 11.4 Å². The van der Waals surface area contributed by atoms with Crippen molar-refractivity contribution in [3.05, 3.63) is 83.7 Å². The molecule has 3 aromatic carbocycles. The first-order chi connectivity index (χ1) is 17.4. The van der Waals surface area contributed by atoms with E-state index in [1.54, 1.807) is 59.5 Å². The summed E-state index contributed by atoms with van der Waals surface area (Å²) in [4.78, 5) is 25.5. The van der Waals surface area contributed by atoms with E-state index in [9.17, 15) is 19.1 Å². The normalized spacial score (nSPS) is 19.1. The Bertz CT molecular complexity index is 1270. The number of aliphatic carboxylic acids is 1.